The van der Waals surface area contributed by atoms with Crippen LogP contribution in [0.25, 0.3) is 0 Å². The van der Waals surface area contributed by atoms with Crippen molar-refractivity contribution in [3.63, 3.8) is 0 Å². The lowest BCUT2D eigenvalue weighted by molar-refractivity contribution is -0.159. The summed E-state index contributed by atoms with van der Waals surface area (Å²) in [5, 5.41) is 9.83. The van der Waals surface area contributed by atoms with Crippen molar-refractivity contribution in [3.05, 3.63) is 23.8 Å². The van der Waals surface area contributed by atoms with E-state index >= 15 is 0 Å². The van der Waals surface area contributed by atoms with Crippen molar-refractivity contribution < 1.29 is 19.1 Å². The largest absolute Gasteiger partial charge is 0.454 e. The van der Waals surface area contributed by atoms with E-state index in [0.717, 1.165) is 5.56 Å². The van der Waals surface area contributed by atoms with Crippen molar-refractivity contribution in [2.45, 2.75) is 38.4 Å². The monoisotopic (exact) mass is 341 g/mol. The standard InChI is InChI=1S/C18H19N3O4/c1-10-16(22)21-12(17(23)20(10)3)7-18(2,8-19)15(21)11-4-5-13-14(6-11)25-9-24-13/h4-6,10,12,15H,7,9H2,1-3H3/t10-,12-,15+,18-/m0/s1. The highest BCUT2D eigenvalue weighted by Crippen LogP contribution is 2.52. The molecule has 3 aliphatic rings. The van der Waals surface area contributed by atoms with Gasteiger partial charge in [-0.1, -0.05) is 6.07 Å². The summed E-state index contributed by atoms with van der Waals surface area (Å²) in [4.78, 5) is 28.7. The maximum absolute atomic E-state index is 13.0. The second kappa shape index (κ2) is 5.12. The van der Waals surface area contributed by atoms with Gasteiger partial charge in [-0.2, -0.15) is 5.26 Å². The van der Waals surface area contributed by atoms with Gasteiger partial charge in [0.25, 0.3) is 0 Å². The van der Waals surface area contributed by atoms with E-state index in [0.29, 0.717) is 17.9 Å². The molecular weight excluding hydrogens is 322 g/mol. The first-order chi connectivity index (χ1) is 11.9. The maximum atomic E-state index is 13.0. The molecule has 130 valence electrons. The van der Waals surface area contributed by atoms with Crippen molar-refractivity contribution in [1.29, 1.82) is 5.26 Å². The zero-order valence-electron chi connectivity index (χ0n) is 14.4. The van der Waals surface area contributed by atoms with Gasteiger partial charge in [0.1, 0.15) is 12.1 Å². The molecule has 7 heteroatoms. The first kappa shape index (κ1) is 15.8. The predicted octanol–water partition coefficient (Wildman–Crippen LogP) is 1.45. The fourth-order valence-corrected chi connectivity index (χ4v) is 4.11. The molecular formula is C18H19N3O4. The molecule has 0 saturated carbocycles. The number of fused-ring (bicyclic) bond motifs is 2. The predicted molar refractivity (Wildman–Crippen MR) is 86.5 cm³/mol. The summed E-state index contributed by atoms with van der Waals surface area (Å²) in [6.07, 6.45) is 0.324. The number of rotatable bonds is 1. The van der Waals surface area contributed by atoms with Crippen molar-refractivity contribution in [3.8, 4) is 17.6 Å². The van der Waals surface area contributed by atoms with Gasteiger partial charge in [0.2, 0.25) is 18.6 Å². The number of likely N-dealkylation sites (N-methyl/N-ethyl adjacent to an activating group) is 1. The Labute approximate surface area is 145 Å². The van der Waals surface area contributed by atoms with E-state index in [9.17, 15) is 14.9 Å². The van der Waals surface area contributed by atoms with Crippen LogP contribution in [-0.4, -0.2) is 47.5 Å². The van der Waals surface area contributed by atoms with Crippen molar-refractivity contribution in [2.75, 3.05) is 13.8 Å². The lowest BCUT2D eigenvalue weighted by atomic mass is 9.79. The maximum Gasteiger partial charge on any atom is 0.246 e. The summed E-state index contributed by atoms with van der Waals surface area (Å²) in [5.74, 6) is 0.999. The highest BCUT2D eigenvalue weighted by Gasteiger charge is 2.58. The molecule has 3 aliphatic heterocycles. The van der Waals surface area contributed by atoms with E-state index < -0.39 is 23.5 Å². The van der Waals surface area contributed by atoms with E-state index in [1.54, 1.807) is 24.9 Å². The molecule has 7 nitrogen and oxygen atoms in total. The van der Waals surface area contributed by atoms with E-state index in [4.69, 9.17) is 9.47 Å². The van der Waals surface area contributed by atoms with Crippen LogP contribution < -0.4 is 9.47 Å². The van der Waals surface area contributed by atoms with Crippen molar-refractivity contribution >= 4 is 11.8 Å². The number of hydrogen-bond donors (Lipinski definition) is 0. The summed E-state index contributed by atoms with van der Waals surface area (Å²) in [6, 6.07) is 6.15. The van der Waals surface area contributed by atoms with E-state index in [1.807, 2.05) is 19.1 Å². The van der Waals surface area contributed by atoms with Crippen LogP contribution in [0.15, 0.2) is 18.2 Å². The normalized spacial score (nSPS) is 33.4. The van der Waals surface area contributed by atoms with Crippen LogP contribution in [-0.2, 0) is 9.59 Å². The van der Waals surface area contributed by atoms with Crippen LogP contribution in [0, 0.1) is 16.7 Å². The Kier molecular flexibility index (Phi) is 3.23. The Hall–Kier alpha value is -2.75. The minimum Gasteiger partial charge on any atom is -0.454 e. The van der Waals surface area contributed by atoms with Crippen LogP contribution in [0.1, 0.15) is 31.9 Å². The summed E-state index contributed by atoms with van der Waals surface area (Å²) in [5.41, 5.74) is -0.0668. The second-order valence-corrected chi connectivity index (χ2v) is 7.14. The topological polar surface area (TPSA) is 82.9 Å². The number of carbonyl (C=O) groups is 2. The molecule has 0 spiro atoms. The molecule has 2 amide bonds. The van der Waals surface area contributed by atoms with Gasteiger partial charge in [-0.15, -0.1) is 0 Å². The average molecular weight is 341 g/mol. The molecule has 4 atom stereocenters. The van der Waals surface area contributed by atoms with Crippen LogP contribution in [0.3, 0.4) is 0 Å². The number of hydrogen-bond acceptors (Lipinski definition) is 5. The van der Waals surface area contributed by atoms with Gasteiger partial charge in [-0.3, -0.25) is 9.59 Å². The molecule has 25 heavy (non-hydrogen) atoms. The van der Waals surface area contributed by atoms with Crippen LogP contribution >= 0.6 is 0 Å². The zero-order chi connectivity index (χ0) is 17.9. The number of nitriles is 1. The minimum atomic E-state index is -0.853. The lowest BCUT2D eigenvalue weighted by Gasteiger charge is -2.42. The Balaban J connectivity index is 1.83. The number of piperazine rings is 1. The zero-order valence-corrected chi connectivity index (χ0v) is 14.4. The molecule has 3 heterocycles. The fourth-order valence-electron chi connectivity index (χ4n) is 4.11. The smallest absolute Gasteiger partial charge is 0.246 e. The Morgan fingerprint density at radius 1 is 1.24 bits per heavy atom. The first-order valence-corrected chi connectivity index (χ1v) is 8.27. The van der Waals surface area contributed by atoms with Gasteiger partial charge in [0.15, 0.2) is 11.5 Å². The minimum absolute atomic E-state index is 0.114. The van der Waals surface area contributed by atoms with Crippen molar-refractivity contribution in [2.24, 2.45) is 5.41 Å². The summed E-state index contributed by atoms with van der Waals surface area (Å²) in [6.45, 7) is 3.69. The molecule has 1 aromatic rings. The third kappa shape index (κ3) is 2.03. The van der Waals surface area contributed by atoms with Gasteiger partial charge < -0.3 is 19.3 Å². The van der Waals surface area contributed by atoms with Gasteiger partial charge in [-0.25, -0.2) is 0 Å². The Morgan fingerprint density at radius 3 is 2.68 bits per heavy atom. The quantitative estimate of drug-likeness (QED) is 0.772. The van der Waals surface area contributed by atoms with Gasteiger partial charge >= 0.3 is 0 Å². The number of ether oxygens (including phenoxy) is 2. The van der Waals surface area contributed by atoms with Crippen LogP contribution in [0.5, 0.6) is 11.5 Å². The molecule has 0 bridgehead atoms. The summed E-state index contributed by atoms with van der Waals surface area (Å²) in [7, 11) is 1.64. The summed E-state index contributed by atoms with van der Waals surface area (Å²) < 4.78 is 10.8. The number of amides is 2. The molecule has 4 rings (SSSR count). The Morgan fingerprint density at radius 2 is 1.96 bits per heavy atom. The SMILES string of the molecule is C[C@H]1C(=O)N2[C@@H](C[C@@](C)(C#N)[C@H]2c2ccc3c(c2)OCO3)C(=O)N1C. The van der Waals surface area contributed by atoms with Crippen LogP contribution in [0.4, 0.5) is 0 Å². The molecule has 2 saturated heterocycles. The second-order valence-electron chi connectivity index (χ2n) is 7.14. The van der Waals surface area contributed by atoms with E-state index in [-0.39, 0.29) is 18.6 Å². The number of benzene rings is 1. The highest BCUT2D eigenvalue weighted by atomic mass is 16.7. The van der Waals surface area contributed by atoms with Gasteiger partial charge in [0, 0.05) is 7.05 Å². The first-order valence-electron chi connectivity index (χ1n) is 8.27. The Bertz CT molecular complexity index is 817. The molecule has 1 aromatic carbocycles. The molecule has 0 aliphatic carbocycles. The van der Waals surface area contributed by atoms with Crippen molar-refractivity contribution in [1.82, 2.24) is 9.80 Å². The summed E-state index contributed by atoms with van der Waals surface area (Å²) >= 11 is 0. The fraction of sp³-hybridized carbons (Fsp3) is 0.500. The average Bonchev–Trinajstić information content (AvgIpc) is 3.20. The number of carbonyl (C=O) groups excluding carboxylic acids is 2. The molecule has 0 unspecified atom stereocenters. The van der Waals surface area contributed by atoms with Gasteiger partial charge in [0.05, 0.1) is 17.5 Å². The van der Waals surface area contributed by atoms with Gasteiger partial charge in [-0.05, 0) is 38.0 Å². The lowest BCUT2D eigenvalue weighted by Crippen LogP contribution is -2.60. The van der Waals surface area contributed by atoms with E-state index in [1.165, 1.54) is 4.90 Å². The third-order valence-electron chi connectivity index (χ3n) is 5.63. The molecule has 0 radical (unpaired) electrons. The third-order valence-corrected chi connectivity index (χ3v) is 5.63. The number of nitrogens with zero attached hydrogens (tertiary/aromatic N) is 3. The van der Waals surface area contributed by atoms with E-state index in [2.05, 4.69) is 6.07 Å². The van der Waals surface area contributed by atoms with Crippen LogP contribution in [0.2, 0.25) is 0 Å². The highest BCUT2D eigenvalue weighted by molar-refractivity contribution is 5.97. The molecule has 0 N–H and O–H groups in total. The molecule has 0 aromatic heterocycles. The molecule has 2 fully saturated rings.